The van der Waals surface area contributed by atoms with Crippen LogP contribution >= 0.6 is 0 Å². The molecule has 0 aliphatic carbocycles. The topological polar surface area (TPSA) is 63.1 Å². The predicted octanol–water partition coefficient (Wildman–Crippen LogP) is 3.75. The van der Waals surface area contributed by atoms with Crippen LogP contribution in [0.15, 0.2) is 42.6 Å². The van der Waals surface area contributed by atoms with Crippen LogP contribution in [-0.2, 0) is 0 Å². The molecule has 0 unspecified atom stereocenters. The Morgan fingerprint density at radius 2 is 1.89 bits per heavy atom. The summed E-state index contributed by atoms with van der Waals surface area (Å²) in [4.78, 5) is 20.1. The summed E-state index contributed by atoms with van der Waals surface area (Å²) in [5.41, 5.74) is 3.13. The molecule has 0 bridgehead atoms. The Morgan fingerprint density at radius 3 is 2.54 bits per heavy atom. The number of likely N-dealkylation sites (N-methyl/N-ethyl adjacent to an activating group) is 1. The summed E-state index contributed by atoms with van der Waals surface area (Å²) in [5, 5.41) is 8.32. The number of nitrogens with zero attached hydrogens (tertiary/aromatic N) is 4. The fourth-order valence-electron chi connectivity index (χ4n) is 3.30. The van der Waals surface area contributed by atoms with E-state index in [0.29, 0.717) is 12.1 Å². The summed E-state index contributed by atoms with van der Waals surface area (Å²) >= 11 is 0. The van der Waals surface area contributed by atoms with Crippen LogP contribution in [0.2, 0.25) is 0 Å². The van der Waals surface area contributed by atoms with Crippen molar-refractivity contribution in [2.45, 2.75) is 33.7 Å². The monoisotopic (exact) mass is 379 g/mol. The minimum atomic E-state index is -0.0833. The van der Waals surface area contributed by atoms with Crippen LogP contribution in [0.5, 0.6) is 0 Å². The number of rotatable bonds is 8. The van der Waals surface area contributed by atoms with Crippen LogP contribution in [0.25, 0.3) is 22.3 Å². The second-order valence-electron chi connectivity index (χ2n) is 7.12. The maximum Gasteiger partial charge on any atom is 0.252 e. The Balaban J connectivity index is 1.97. The minimum Gasteiger partial charge on any atom is -0.351 e. The zero-order valence-electron chi connectivity index (χ0n) is 17.1. The Kier molecular flexibility index (Phi) is 6.41. The number of hydrogen-bond acceptors (Lipinski definition) is 4. The molecule has 0 atom stereocenters. The average molecular weight is 380 g/mol. The molecule has 3 aromatic rings. The third-order valence-corrected chi connectivity index (χ3v) is 4.98. The second kappa shape index (κ2) is 8.97. The molecule has 6 nitrogen and oxygen atoms in total. The summed E-state index contributed by atoms with van der Waals surface area (Å²) in [5.74, 6) is -0.0833. The summed E-state index contributed by atoms with van der Waals surface area (Å²) in [6.45, 7) is 11.8. The lowest BCUT2D eigenvalue weighted by molar-refractivity contribution is 0.0950. The number of carbonyl (C=O) groups excluding carboxylic acids is 1. The van der Waals surface area contributed by atoms with Crippen LogP contribution in [0.3, 0.4) is 0 Å². The molecule has 148 valence electrons. The van der Waals surface area contributed by atoms with Gasteiger partial charge in [-0.25, -0.2) is 9.67 Å². The Labute approximate surface area is 166 Å². The van der Waals surface area contributed by atoms with E-state index in [1.165, 1.54) is 0 Å². The molecule has 2 aromatic heterocycles. The molecule has 6 heteroatoms. The third kappa shape index (κ3) is 4.22. The van der Waals surface area contributed by atoms with Gasteiger partial charge in [0.1, 0.15) is 0 Å². The van der Waals surface area contributed by atoms with Crippen molar-refractivity contribution in [3.63, 3.8) is 0 Å². The summed E-state index contributed by atoms with van der Waals surface area (Å²) in [6.07, 6.45) is 1.75. The first kappa shape index (κ1) is 20.0. The number of benzene rings is 1. The summed E-state index contributed by atoms with van der Waals surface area (Å²) in [6, 6.07) is 12.0. The van der Waals surface area contributed by atoms with E-state index >= 15 is 0 Å². The van der Waals surface area contributed by atoms with Crippen LogP contribution in [0, 0.1) is 0 Å². The standard InChI is InChI=1S/C22H29N5O/c1-5-26(6-2)13-12-23-22(28)18-14-20(17-10-8-7-9-11-17)25-21-19(18)15-24-27(21)16(3)4/h7-11,14-16H,5-6,12-13H2,1-4H3,(H,23,28). The van der Waals surface area contributed by atoms with E-state index in [0.717, 1.165) is 41.9 Å². The van der Waals surface area contributed by atoms with Gasteiger partial charge in [0.2, 0.25) is 0 Å². The molecule has 0 saturated carbocycles. The predicted molar refractivity (Wildman–Crippen MR) is 113 cm³/mol. The fraction of sp³-hybridized carbons (Fsp3) is 0.409. The normalized spacial score (nSPS) is 11.5. The maximum absolute atomic E-state index is 13.0. The zero-order chi connectivity index (χ0) is 20.1. The average Bonchev–Trinajstić information content (AvgIpc) is 3.15. The van der Waals surface area contributed by atoms with Crippen LogP contribution < -0.4 is 5.32 Å². The van der Waals surface area contributed by atoms with Gasteiger partial charge in [-0.3, -0.25) is 4.79 Å². The first-order valence-corrected chi connectivity index (χ1v) is 9.99. The van der Waals surface area contributed by atoms with Gasteiger partial charge in [-0.05, 0) is 33.0 Å². The molecule has 0 aliphatic rings. The number of carbonyl (C=O) groups is 1. The van der Waals surface area contributed by atoms with Gasteiger partial charge in [0, 0.05) is 24.7 Å². The van der Waals surface area contributed by atoms with E-state index in [1.54, 1.807) is 6.20 Å². The molecule has 0 spiro atoms. The zero-order valence-corrected chi connectivity index (χ0v) is 17.1. The second-order valence-corrected chi connectivity index (χ2v) is 7.12. The molecule has 1 aromatic carbocycles. The van der Waals surface area contributed by atoms with Gasteiger partial charge >= 0.3 is 0 Å². The van der Waals surface area contributed by atoms with E-state index in [9.17, 15) is 4.79 Å². The van der Waals surface area contributed by atoms with E-state index < -0.39 is 0 Å². The number of pyridine rings is 1. The Hall–Kier alpha value is -2.73. The van der Waals surface area contributed by atoms with Gasteiger partial charge in [-0.2, -0.15) is 5.10 Å². The highest BCUT2D eigenvalue weighted by Crippen LogP contribution is 2.26. The lowest BCUT2D eigenvalue weighted by Gasteiger charge is -2.18. The van der Waals surface area contributed by atoms with E-state index in [2.05, 4.69) is 43.0 Å². The highest BCUT2D eigenvalue weighted by molar-refractivity contribution is 6.06. The van der Waals surface area contributed by atoms with Crippen molar-refractivity contribution in [2.24, 2.45) is 0 Å². The first-order valence-electron chi connectivity index (χ1n) is 9.99. The molecular formula is C22H29N5O. The van der Waals surface area contributed by atoms with Crippen molar-refractivity contribution in [1.82, 2.24) is 25.0 Å². The molecular weight excluding hydrogens is 350 g/mol. The van der Waals surface area contributed by atoms with Gasteiger partial charge in [-0.1, -0.05) is 44.2 Å². The Morgan fingerprint density at radius 1 is 1.18 bits per heavy atom. The highest BCUT2D eigenvalue weighted by Gasteiger charge is 2.18. The van der Waals surface area contributed by atoms with Crippen molar-refractivity contribution < 1.29 is 4.79 Å². The van der Waals surface area contributed by atoms with Crippen molar-refractivity contribution in [3.05, 3.63) is 48.2 Å². The van der Waals surface area contributed by atoms with Crippen LogP contribution in [-0.4, -0.2) is 51.8 Å². The van der Waals surface area contributed by atoms with Crippen molar-refractivity contribution in [2.75, 3.05) is 26.2 Å². The molecule has 0 radical (unpaired) electrons. The number of aromatic nitrogens is 3. The molecule has 0 fully saturated rings. The van der Waals surface area contributed by atoms with Gasteiger partial charge in [-0.15, -0.1) is 0 Å². The molecule has 3 rings (SSSR count). The quantitative estimate of drug-likeness (QED) is 0.647. The van der Waals surface area contributed by atoms with Gasteiger partial charge in [0.25, 0.3) is 5.91 Å². The van der Waals surface area contributed by atoms with Gasteiger partial charge < -0.3 is 10.2 Å². The SMILES string of the molecule is CCN(CC)CCNC(=O)c1cc(-c2ccccc2)nc2c1cnn2C(C)C. The van der Waals surface area contributed by atoms with Crippen molar-refractivity contribution in [1.29, 1.82) is 0 Å². The summed E-state index contributed by atoms with van der Waals surface area (Å²) in [7, 11) is 0. The van der Waals surface area contributed by atoms with Crippen molar-refractivity contribution >= 4 is 16.9 Å². The van der Waals surface area contributed by atoms with Crippen LogP contribution in [0.4, 0.5) is 0 Å². The van der Waals surface area contributed by atoms with Crippen LogP contribution in [0.1, 0.15) is 44.1 Å². The largest absolute Gasteiger partial charge is 0.351 e. The first-order chi connectivity index (χ1) is 13.5. The molecule has 2 heterocycles. The maximum atomic E-state index is 13.0. The highest BCUT2D eigenvalue weighted by atomic mass is 16.1. The van der Waals surface area contributed by atoms with E-state index in [-0.39, 0.29) is 11.9 Å². The third-order valence-electron chi connectivity index (χ3n) is 4.98. The number of fused-ring (bicyclic) bond motifs is 1. The van der Waals surface area contributed by atoms with E-state index in [4.69, 9.17) is 4.98 Å². The molecule has 0 aliphatic heterocycles. The number of amides is 1. The van der Waals surface area contributed by atoms with E-state index in [1.807, 2.05) is 41.1 Å². The number of hydrogen-bond donors (Lipinski definition) is 1. The lowest BCUT2D eigenvalue weighted by Crippen LogP contribution is -2.34. The number of nitrogens with one attached hydrogen (secondary N) is 1. The Bertz CT molecular complexity index is 929. The lowest BCUT2D eigenvalue weighted by atomic mass is 10.1. The minimum absolute atomic E-state index is 0.0833. The fourth-order valence-corrected chi connectivity index (χ4v) is 3.30. The van der Waals surface area contributed by atoms with Gasteiger partial charge in [0.15, 0.2) is 5.65 Å². The van der Waals surface area contributed by atoms with Crippen molar-refractivity contribution in [3.8, 4) is 11.3 Å². The molecule has 28 heavy (non-hydrogen) atoms. The molecule has 1 amide bonds. The summed E-state index contributed by atoms with van der Waals surface area (Å²) < 4.78 is 1.87. The van der Waals surface area contributed by atoms with Gasteiger partial charge in [0.05, 0.1) is 22.8 Å². The molecule has 0 saturated heterocycles. The smallest absolute Gasteiger partial charge is 0.252 e. The molecule has 1 N–H and O–H groups in total.